The maximum Gasteiger partial charge on any atom is 0.358 e. The summed E-state index contributed by atoms with van der Waals surface area (Å²) in [6.07, 6.45) is 0.925. The SMILES string of the molecule is Cn1nnc2c(C(=O)OC3[CH-]CC3F)ncn2c1=O.[Y]. The minimum Gasteiger partial charge on any atom is -0.488 e. The monoisotopic (exact) mass is 355 g/mol. The number of carbonyl (C=O) groups excluding carboxylic acids is 1. The summed E-state index contributed by atoms with van der Waals surface area (Å²) in [5.41, 5.74) is -0.657. The van der Waals surface area contributed by atoms with Crippen LogP contribution in [0.2, 0.25) is 0 Å². The van der Waals surface area contributed by atoms with Crippen LogP contribution in [0, 0.1) is 6.42 Å². The number of carbonyl (C=O) groups is 1. The van der Waals surface area contributed by atoms with Gasteiger partial charge in [0.1, 0.15) is 6.33 Å². The largest absolute Gasteiger partial charge is 0.488 e. The molecule has 1 saturated carbocycles. The molecule has 20 heavy (non-hydrogen) atoms. The second-order valence-corrected chi connectivity index (χ2v) is 4.14. The zero-order valence-corrected chi connectivity index (χ0v) is 13.3. The van der Waals surface area contributed by atoms with Crippen LogP contribution in [0.5, 0.6) is 0 Å². The number of aryl methyl sites for hydroxylation is 1. The summed E-state index contributed by atoms with van der Waals surface area (Å²) in [6.45, 7) is 0. The number of fused-ring (bicyclic) bond motifs is 1. The van der Waals surface area contributed by atoms with Gasteiger partial charge >= 0.3 is 11.7 Å². The van der Waals surface area contributed by atoms with Gasteiger partial charge in [-0.3, -0.25) is 6.42 Å². The molecule has 1 aliphatic carbocycles. The Hall–Kier alpha value is -1.22. The molecule has 0 aromatic carbocycles. The molecule has 2 heterocycles. The Kier molecular flexibility index (Phi) is 4.29. The summed E-state index contributed by atoms with van der Waals surface area (Å²) in [7, 11) is 1.42. The number of halogens is 1. The van der Waals surface area contributed by atoms with Gasteiger partial charge in [0.25, 0.3) is 0 Å². The number of rotatable bonds is 2. The predicted octanol–water partition coefficient (Wildman–Crippen LogP) is -0.708. The number of hydrogen-bond donors (Lipinski definition) is 0. The molecule has 0 amide bonds. The number of ether oxygens (including phenoxy) is 1. The van der Waals surface area contributed by atoms with Crippen LogP contribution >= 0.6 is 0 Å². The number of nitrogens with zero attached hydrogens (tertiary/aromatic N) is 5. The van der Waals surface area contributed by atoms with Gasteiger partial charge in [-0.25, -0.2) is 23.4 Å². The molecule has 2 atom stereocenters. The third-order valence-corrected chi connectivity index (χ3v) is 2.89. The number of esters is 1. The molecule has 0 spiro atoms. The summed E-state index contributed by atoms with van der Waals surface area (Å²) in [6, 6.07) is 0. The molecular weight excluding hydrogens is 346 g/mol. The maximum absolute atomic E-state index is 13.0. The third-order valence-electron chi connectivity index (χ3n) is 2.89. The Morgan fingerprint density at radius 3 is 2.95 bits per heavy atom. The standard InChI is InChI=1S/C10H9FN5O3.Y/c1-15-10(18)16-4-12-7(8(16)13-14-15)9(17)19-6-3-2-5(6)11;/h3-6H,2H2,1H3;/q-1;. The second kappa shape index (κ2) is 5.65. The normalized spacial score (nSPS) is 21.1. The zero-order chi connectivity index (χ0) is 13.6. The van der Waals surface area contributed by atoms with Crippen LogP contribution in [0.1, 0.15) is 16.9 Å². The molecular formula is C10H9FN5O3Y-. The minimum absolute atomic E-state index is 0. The van der Waals surface area contributed by atoms with E-state index in [2.05, 4.69) is 15.3 Å². The van der Waals surface area contributed by atoms with E-state index in [0.717, 1.165) is 15.4 Å². The van der Waals surface area contributed by atoms with Crippen molar-refractivity contribution in [1.29, 1.82) is 0 Å². The summed E-state index contributed by atoms with van der Waals surface area (Å²) in [5.74, 6) is -0.825. The van der Waals surface area contributed by atoms with Gasteiger partial charge in [0, 0.05) is 45.9 Å². The topological polar surface area (TPSA) is 91.4 Å². The van der Waals surface area contributed by atoms with Gasteiger partial charge in [-0.2, -0.15) is 4.68 Å². The average Bonchev–Trinajstić information content (AvgIpc) is 2.83. The van der Waals surface area contributed by atoms with Crippen LogP contribution in [0.25, 0.3) is 5.65 Å². The van der Waals surface area contributed by atoms with Crippen LogP contribution in [0.15, 0.2) is 11.1 Å². The van der Waals surface area contributed by atoms with E-state index in [4.69, 9.17) is 4.74 Å². The predicted molar refractivity (Wildman–Crippen MR) is 59.0 cm³/mol. The fourth-order valence-electron chi connectivity index (χ4n) is 1.68. The second-order valence-electron chi connectivity index (χ2n) is 4.14. The van der Waals surface area contributed by atoms with Crippen molar-refractivity contribution in [3.05, 3.63) is 28.9 Å². The Balaban J connectivity index is 0.00000147. The van der Waals surface area contributed by atoms with Gasteiger partial charge in [-0.05, 0) is 0 Å². The van der Waals surface area contributed by atoms with Crippen molar-refractivity contribution in [3.63, 3.8) is 0 Å². The molecule has 1 radical (unpaired) electrons. The summed E-state index contributed by atoms with van der Waals surface area (Å²) in [5, 5.41) is 7.26. The van der Waals surface area contributed by atoms with Gasteiger partial charge in [0.05, 0.1) is 6.17 Å². The van der Waals surface area contributed by atoms with E-state index in [1.807, 2.05) is 0 Å². The van der Waals surface area contributed by atoms with Crippen molar-refractivity contribution in [2.24, 2.45) is 7.05 Å². The van der Waals surface area contributed by atoms with Crippen molar-refractivity contribution in [2.75, 3.05) is 0 Å². The van der Waals surface area contributed by atoms with Crippen molar-refractivity contribution in [2.45, 2.75) is 18.7 Å². The average molecular weight is 355 g/mol. The van der Waals surface area contributed by atoms with Crippen LogP contribution in [-0.4, -0.2) is 42.6 Å². The van der Waals surface area contributed by atoms with Gasteiger partial charge < -0.3 is 4.74 Å². The van der Waals surface area contributed by atoms with E-state index in [-0.39, 0.29) is 50.5 Å². The molecule has 0 saturated heterocycles. The summed E-state index contributed by atoms with van der Waals surface area (Å²) < 4.78 is 20.0. The maximum atomic E-state index is 13.0. The van der Waals surface area contributed by atoms with E-state index in [1.54, 1.807) is 6.42 Å². The first-order valence-electron chi connectivity index (χ1n) is 5.53. The molecule has 2 aromatic heterocycles. The molecule has 8 nitrogen and oxygen atoms in total. The molecule has 2 aromatic rings. The summed E-state index contributed by atoms with van der Waals surface area (Å²) >= 11 is 0. The molecule has 1 aliphatic rings. The van der Waals surface area contributed by atoms with Gasteiger partial charge in [0.15, 0.2) is 11.3 Å². The molecule has 10 heteroatoms. The molecule has 1 fully saturated rings. The van der Waals surface area contributed by atoms with Gasteiger partial charge in [0.2, 0.25) is 0 Å². The van der Waals surface area contributed by atoms with Crippen molar-refractivity contribution < 1.29 is 46.6 Å². The third kappa shape index (κ3) is 2.39. The van der Waals surface area contributed by atoms with E-state index in [9.17, 15) is 14.0 Å². The van der Waals surface area contributed by atoms with Crippen LogP contribution < -0.4 is 5.69 Å². The summed E-state index contributed by atoms with van der Waals surface area (Å²) in [4.78, 5) is 27.2. The van der Waals surface area contributed by atoms with E-state index < -0.39 is 23.9 Å². The number of aromatic nitrogens is 5. The van der Waals surface area contributed by atoms with Crippen molar-refractivity contribution >= 4 is 11.6 Å². The van der Waals surface area contributed by atoms with Gasteiger partial charge in [-0.1, -0.05) is 5.21 Å². The van der Waals surface area contributed by atoms with E-state index in [1.165, 1.54) is 7.05 Å². The van der Waals surface area contributed by atoms with Crippen LogP contribution in [0.3, 0.4) is 0 Å². The van der Waals surface area contributed by atoms with E-state index in [0.29, 0.717) is 0 Å². The van der Waals surface area contributed by atoms with Gasteiger partial charge in [-0.15, -0.1) is 11.5 Å². The first-order valence-corrected chi connectivity index (χ1v) is 5.53. The first kappa shape index (κ1) is 15.2. The number of alkyl halides is 1. The molecule has 103 valence electrons. The fraction of sp³-hybridized carbons (Fsp3) is 0.400. The Labute approximate surface area is 137 Å². The number of hydrogen-bond acceptors (Lipinski definition) is 6. The number of imidazole rings is 1. The smallest absolute Gasteiger partial charge is 0.358 e. The van der Waals surface area contributed by atoms with Crippen LogP contribution in [-0.2, 0) is 44.5 Å². The molecule has 3 rings (SSSR count). The Morgan fingerprint density at radius 2 is 2.35 bits per heavy atom. The Bertz CT molecular complexity index is 714. The minimum atomic E-state index is -1.18. The molecule has 0 N–H and O–H groups in total. The van der Waals surface area contributed by atoms with E-state index >= 15 is 0 Å². The van der Waals surface area contributed by atoms with Crippen molar-refractivity contribution in [1.82, 2.24) is 24.4 Å². The molecule has 2 unspecified atom stereocenters. The van der Waals surface area contributed by atoms with Crippen LogP contribution in [0.4, 0.5) is 4.39 Å². The first-order chi connectivity index (χ1) is 9.08. The molecule has 0 bridgehead atoms. The van der Waals surface area contributed by atoms with Crippen molar-refractivity contribution in [3.8, 4) is 0 Å². The quantitative estimate of drug-likeness (QED) is 0.522. The Morgan fingerprint density at radius 1 is 1.60 bits per heavy atom. The fourth-order valence-corrected chi connectivity index (χ4v) is 1.68. The molecule has 0 aliphatic heterocycles. The zero-order valence-electron chi connectivity index (χ0n) is 10.4.